The van der Waals surface area contributed by atoms with Gasteiger partial charge in [0, 0.05) is 25.2 Å². The van der Waals surface area contributed by atoms with E-state index in [-0.39, 0.29) is 21.9 Å². The van der Waals surface area contributed by atoms with Gasteiger partial charge in [0.1, 0.15) is 0 Å². The topological polar surface area (TPSA) is 116 Å². The van der Waals surface area contributed by atoms with Crippen molar-refractivity contribution < 1.29 is 16.8 Å². The van der Waals surface area contributed by atoms with E-state index in [0.717, 1.165) is 47.9 Å². The highest BCUT2D eigenvalue weighted by Gasteiger charge is 2.29. The van der Waals surface area contributed by atoms with Gasteiger partial charge < -0.3 is 10.6 Å². The molecule has 4 N–H and O–H groups in total. The molecule has 46 heavy (non-hydrogen) atoms. The van der Waals surface area contributed by atoms with Crippen LogP contribution in [0.15, 0.2) is 119 Å². The van der Waals surface area contributed by atoms with Gasteiger partial charge in [-0.1, -0.05) is 109 Å². The molecule has 10 heteroatoms. The molecule has 244 valence electrons. The van der Waals surface area contributed by atoms with Crippen LogP contribution in [0.4, 0.5) is 0 Å². The molecule has 1 fully saturated rings. The van der Waals surface area contributed by atoms with E-state index < -0.39 is 32.1 Å². The van der Waals surface area contributed by atoms with Crippen LogP contribution in [0.2, 0.25) is 0 Å². The Morgan fingerprint density at radius 1 is 0.543 bits per heavy atom. The maximum atomic E-state index is 13.4. The summed E-state index contributed by atoms with van der Waals surface area (Å²) in [4.78, 5) is 0.465. The van der Waals surface area contributed by atoms with Crippen LogP contribution in [-0.4, -0.2) is 42.0 Å². The fraction of sp³-hybridized carbons (Fsp3) is 0.333. The predicted octanol–water partition coefficient (Wildman–Crippen LogP) is 5.53. The van der Waals surface area contributed by atoms with Crippen LogP contribution in [0.25, 0.3) is 0 Å². The van der Waals surface area contributed by atoms with Crippen molar-refractivity contribution in [1.82, 2.24) is 20.1 Å². The number of hydrogen-bond donors (Lipinski definition) is 4. The van der Waals surface area contributed by atoms with Crippen molar-refractivity contribution in [3.8, 4) is 0 Å². The van der Waals surface area contributed by atoms with Gasteiger partial charge in [-0.05, 0) is 62.1 Å². The highest BCUT2D eigenvalue weighted by Crippen LogP contribution is 2.23. The Hall–Kier alpha value is -3.38. The molecule has 0 heterocycles. The van der Waals surface area contributed by atoms with E-state index in [1.807, 2.05) is 74.5 Å². The van der Waals surface area contributed by atoms with Gasteiger partial charge in [0.15, 0.2) is 0 Å². The van der Waals surface area contributed by atoms with Crippen LogP contribution in [0, 0.1) is 13.8 Å². The molecule has 0 aliphatic heterocycles. The first-order valence-corrected chi connectivity index (χ1v) is 18.8. The lowest BCUT2D eigenvalue weighted by Crippen LogP contribution is -2.53. The van der Waals surface area contributed by atoms with Gasteiger partial charge in [0.25, 0.3) is 0 Å². The molecule has 5 rings (SSSR count). The van der Waals surface area contributed by atoms with Crippen molar-refractivity contribution in [2.45, 2.75) is 73.5 Å². The second kappa shape index (κ2) is 15.5. The Balaban J connectivity index is 1.29. The molecule has 0 spiro atoms. The van der Waals surface area contributed by atoms with Gasteiger partial charge in [-0.2, -0.15) is 0 Å². The van der Waals surface area contributed by atoms with Crippen LogP contribution in [0.3, 0.4) is 0 Å². The molecule has 1 aliphatic carbocycles. The van der Waals surface area contributed by atoms with E-state index in [4.69, 9.17) is 0 Å². The molecule has 0 bridgehead atoms. The number of sulfonamides is 2. The largest absolute Gasteiger partial charge is 0.310 e. The van der Waals surface area contributed by atoms with Crippen molar-refractivity contribution in [1.29, 1.82) is 0 Å². The number of nitrogens with one attached hydrogen (secondary N) is 4. The van der Waals surface area contributed by atoms with Gasteiger partial charge in [-0.25, -0.2) is 26.3 Å². The molecule has 0 saturated heterocycles. The van der Waals surface area contributed by atoms with Crippen LogP contribution in [0.1, 0.15) is 60.0 Å². The zero-order chi connectivity index (χ0) is 32.6. The first-order valence-electron chi connectivity index (χ1n) is 15.9. The van der Waals surface area contributed by atoms with Crippen molar-refractivity contribution >= 4 is 20.0 Å². The van der Waals surface area contributed by atoms with E-state index in [1.54, 1.807) is 48.5 Å². The number of rotatable bonds is 14. The average molecular weight is 661 g/mol. The third kappa shape index (κ3) is 9.12. The molecule has 0 amide bonds. The number of aryl methyl sites for hydroxylation is 2. The number of hydrogen-bond acceptors (Lipinski definition) is 6. The van der Waals surface area contributed by atoms with Gasteiger partial charge in [0.05, 0.1) is 21.9 Å². The second-order valence-corrected chi connectivity index (χ2v) is 15.5. The van der Waals surface area contributed by atoms with Gasteiger partial charge in [0.2, 0.25) is 20.0 Å². The molecule has 1 saturated carbocycles. The molecule has 0 radical (unpaired) electrons. The van der Waals surface area contributed by atoms with Gasteiger partial charge in [-0.15, -0.1) is 0 Å². The predicted molar refractivity (Wildman–Crippen MR) is 183 cm³/mol. The van der Waals surface area contributed by atoms with E-state index in [9.17, 15) is 16.8 Å². The van der Waals surface area contributed by atoms with Crippen LogP contribution in [0.5, 0.6) is 0 Å². The summed E-state index contributed by atoms with van der Waals surface area (Å²) >= 11 is 0. The van der Waals surface area contributed by atoms with Crippen molar-refractivity contribution in [2.75, 3.05) is 13.1 Å². The van der Waals surface area contributed by atoms with E-state index in [0.29, 0.717) is 13.1 Å². The zero-order valence-electron chi connectivity index (χ0n) is 26.4. The first-order chi connectivity index (χ1) is 22.1. The molecule has 4 atom stereocenters. The lowest BCUT2D eigenvalue weighted by Gasteiger charge is -2.35. The summed E-state index contributed by atoms with van der Waals surface area (Å²) in [6, 6.07) is 32.1. The highest BCUT2D eigenvalue weighted by atomic mass is 32.2. The molecule has 0 unspecified atom stereocenters. The minimum Gasteiger partial charge on any atom is -0.310 e. The maximum absolute atomic E-state index is 13.4. The quantitative estimate of drug-likeness (QED) is 0.141. The molecule has 4 aromatic rings. The Labute approximate surface area is 274 Å². The van der Waals surface area contributed by atoms with E-state index >= 15 is 0 Å². The fourth-order valence-electron chi connectivity index (χ4n) is 5.93. The van der Waals surface area contributed by atoms with Crippen molar-refractivity contribution in [2.24, 2.45) is 0 Å². The van der Waals surface area contributed by atoms with Crippen molar-refractivity contribution in [3.63, 3.8) is 0 Å². The van der Waals surface area contributed by atoms with Crippen LogP contribution < -0.4 is 20.1 Å². The standard InChI is InChI=1S/C36H44N4O4S2/c1-27-17-21-31(22-18-27)45(41,42)39-35(29-11-5-3-6-12-29)25-37-33-15-9-10-16-34(33)38-26-36(30-13-7-4-8-14-30)40-46(43,44)32-23-19-28(2)20-24-32/h3-8,11-14,17-24,33-40H,9-10,15-16,25-26H2,1-2H3/t33-,34-,35+,36+/m1/s1. The summed E-state index contributed by atoms with van der Waals surface area (Å²) < 4.78 is 59.4. The Kier molecular flexibility index (Phi) is 11.4. The minimum absolute atomic E-state index is 0.0778. The third-order valence-electron chi connectivity index (χ3n) is 8.60. The lowest BCUT2D eigenvalue weighted by molar-refractivity contribution is 0.273. The molecule has 1 aliphatic rings. The third-order valence-corrected chi connectivity index (χ3v) is 11.6. The summed E-state index contributed by atoms with van der Waals surface area (Å²) in [5.41, 5.74) is 3.74. The fourth-order valence-corrected chi connectivity index (χ4v) is 8.38. The SMILES string of the molecule is Cc1ccc(S(=O)(=O)N[C@@H](CN[C@@H]2CCCC[C@H]2NC[C@H](NS(=O)(=O)c2ccc(C)cc2)c2ccccc2)c2ccccc2)cc1. The summed E-state index contributed by atoms with van der Waals surface area (Å²) in [6.45, 7) is 4.66. The van der Waals surface area contributed by atoms with Gasteiger partial charge >= 0.3 is 0 Å². The Morgan fingerprint density at radius 3 is 1.24 bits per heavy atom. The van der Waals surface area contributed by atoms with Crippen LogP contribution in [-0.2, 0) is 20.0 Å². The summed E-state index contributed by atoms with van der Waals surface area (Å²) in [7, 11) is -7.51. The smallest absolute Gasteiger partial charge is 0.241 e. The summed E-state index contributed by atoms with van der Waals surface area (Å²) in [5, 5.41) is 7.34. The monoisotopic (exact) mass is 660 g/mol. The average Bonchev–Trinajstić information content (AvgIpc) is 3.06. The number of benzene rings is 4. The maximum Gasteiger partial charge on any atom is 0.241 e. The molecular weight excluding hydrogens is 617 g/mol. The molecule has 4 aromatic carbocycles. The second-order valence-electron chi connectivity index (χ2n) is 12.1. The van der Waals surface area contributed by atoms with Crippen LogP contribution >= 0.6 is 0 Å². The minimum atomic E-state index is -3.76. The summed E-state index contributed by atoms with van der Waals surface area (Å²) in [5.74, 6) is 0. The normalized spacial score (nSPS) is 18.6. The zero-order valence-corrected chi connectivity index (χ0v) is 28.0. The molecule has 8 nitrogen and oxygen atoms in total. The van der Waals surface area contributed by atoms with E-state index in [1.165, 1.54) is 0 Å². The molecular formula is C36H44N4O4S2. The summed E-state index contributed by atoms with van der Waals surface area (Å²) in [6.07, 6.45) is 3.97. The highest BCUT2D eigenvalue weighted by molar-refractivity contribution is 7.89. The van der Waals surface area contributed by atoms with Crippen molar-refractivity contribution in [3.05, 3.63) is 131 Å². The Bertz CT molecular complexity index is 1620. The van der Waals surface area contributed by atoms with E-state index in [2.05, 4.69) is 20.1 Å². The molecule has 0 aromatic heterocycles. The lowest BCUT2D eigenvalue weighted by atomic mass is 9.89. The first kappa shape index (κ1) is 34.0. The Morgan fingerprint density at radius 2 is 0.891 bits per heavy atom. The van der Waals surface area contributed by atoms with Gasteiger partial charge in [-0.3, -0.25) is 0 Å².